The Labute approximate surface area is 117 Å². The van der Waals surface area contributed by atoms with Crippen LogP contribution in [0.2, 0.25) is 5.15 Å². The molecule has 0 saturated carbocycles. The molecule has 0 atom stereocenters. The number of aromatic nitrogens is 1. The van der Waals surface area contributed by atoms with Crippen LogP contribution in [0, 0.1) is 0 Å². The van der Waals surface area contributed by atoms with E-state index >= 15 is 0 Å². The van der Waals surface area contributed by atoms with Crippen molar-refractivity contribution < 1.29 is 14.3 Å². The standard InChI is InChI=1S/C12H9BrClNO3/c1-17-9-5-7(13)3-6-4-8(12(16)18-2)11(14)15-10(6)9/h3-5H,1-2H3. The van der Waals surface area contributed by atoms with E-state index in [2.05, 4.69) is 25.7 Å². The SMILES string of the molecule is COC(=O)c1cc2cc(Br)cc(OC)c2nc1Cl. The Balaban J connectivity index is 2.75. The van der Waals surface area contributed by atoms with Crippen LogP contribution < -0.4 is 4.74 Å². The number of ether oxygens (including phenoxy) is 2. The molecule has 2 rings (SSSR count). The highest BCUT2D eigenvalue weighted by atomic mass is 79.9. The van der Waals surface area contributed by atoms with Gasteiger partial charge in [0.25, 0.3) is 0 Å². The number of esters is 1. The predicted molar refractivity (Wildman–Crippen MR) is 72.3 cm³/mol. The van der Waals surface area contributed by atoms with Crippen molar-refractivity contribution in [1.29, 1.82) is 0 Å². The second kappa shape index (κ2) is 5.12. The van der Waals surface area contributed by atoms with E-state index in [1.54, 1.807) is 19.2 Å². The third-order valence-corrected chi connectivity index (χ3v) is 3.17. The Hall–Kier alpha value is -1.33. The summed E-state index contributed by atoms with van der Waals surface area (Å²) in [5.41, 5.74) is 0.824. The van der Waals surface area contributed by atoms with Gasteiger partial charge in [-0.3, -0.25) is 0 Å². The molecule has 0 radical (unpaired) electrons. The summed E-state index contributed by atoms with van der Waals surface area (Å²) in [5, 5.41) is 0.834. The molecule has 0 saturated heterocycles. The van der Waals surface area contributed by atoms with E-state index in [4.69, 9.17) is 16.3 Å². The first-order valence-corrected chi connectivity index (χ1v) is 6.16. The second-order valence-electron chi connectivity index (χ2n) is 3.50. The summed E-state index contributed by atoms with van der Waals surface area (Å²) >= 11 is 9.33. The Morgan fingerprint density at radius 1 is 1.33 bits per heavy atom. The van der Waals surface area contributed by atoms with Gasteiger partial charge in [0.15, 0.2) is 0 Å². The average molecular weight is 331 g/mol. The van der Waals surface area contributed by atoms with Gasteiger partial charge in [-0.1, -0.05) is 27.5 Å². The van der Waals surface area contributed by atoms with Gasteiger partial charge >= 0.3 is 5.97 Å². The summed E-state index contributed by atoms with van der Waals surface area (Å²) in [7, 11) is 2.84. The minimum Gasteiger partial charge on any atom is -0.494 e. The van der Waals surface area contributed by atoms with Crippen LogP contribution in [0.1, 0.15) is 10.4 Å². The summed E-state index contributed by atoms with van der Waals surface area (Å²) < 4.78 is 10.7. The fourth-order valence-corrected chi connectivity index (χ4v) is 2.28. The summed E-state index contributed by atoms with van der Waals surface area (Å²) in [6.07, 6.45) is 0. The molecule has 6 heteroatoms. The second-order valence-corrected chi connectivity index (χ2v) is 4.77. The van der Waals surface area contributed by atoms with Gasteiger partial charge in [-0.15, -0.1) is 0 Å². The van der Waals surface area contributed by atoms with Crippen molar-refractivity contribution >= 4 is 44.4 Å². The molecule has 0 unspecified atom stereocenters. The fourth-order valence-electron chi connectivity index (χ4n) is 1.61. The molecule has 1 heterocycles. The van der Waals surface area contributed by atoms with E-state index < -0.39 is 5.97 Å². The summed E-state index contributed by atoms with van der Waals surface area (Å²) in [5.74, 6) is 0.0611. The Morgan fingerprint density at radius 3 is 2.67 bits per heavy atom. The molecule has 0 bridgehead atoms. The number of pyridine rings is 1. The molecule has 0 aliphatic rings. The highest BCUT2D eigenvalue weighted by Gasteiger charge is 2.15. The molecule has 94 valence electrons. The Bertz CT molecular complexity index is 630. The number of carbonyl (C=O) groups is 1. The van der Waals surface area contributed by atoms with Crippen LogP contribution in [0.3, 0.4) is 0 Å². The molecule has 18 heavy (non-hydrogen) atoms. The molecule has 2 aromatic rings. The van der Waals surface area contributed by atoms with Gasteiger partial charge in [-0.05, 0) is 18.2 Å². The molecule has 0 aliphatic heterocycles. The smallest absolute Gasteiger partial charge is 0.341 e. The van der Waals surface area contributed by atoms with E-state index in [0.717, 1.165) is 9.86 Å². The van der Waals surface area contributed by atoms with Crippen LogP contribution in [0.25, 0.3) is 10.9 Å². The van der Waals surface area contributed by atoms with Gasteiger partial charge in [0, 0.05) is 9.86 Å². The fraction of sp³-hybridized carbons (Fsp3) is 0.167. The van der Waals surface area contributed by atoms with Gasteiger partial charge in [0.2, 0.25) is 0 Å². The van der Waals surface area contributed by atoms with E-state index in [1.807, 2.05) is 6.07 Å². The molecule has 0 aliphatic carbocycles. The minimum absolute atomic E-state index is 0.0926. The zero-order valence-electron chi connectivity index (χ0n) is 9.66. The lowest BCUT2D eigenvalue weighted by Gasteiger charge is -2.08. The maximum atomic E-state index is 11.5. The monoisotopic (exact) mass is 329 g/mol. The molecule has 0 spiro atoms. The molecule has 0 fully saturated rings. The summed E-state index contributed by atoms with van der Waals surface area (Å²) in [4.78, 5) is 15.7. The quantitative estimate of drug-likeness (QED) is 0.625. The van der Waals surface area contributed by atoms with Crippen molar-refractivity contribution in [1.82, 2.24) is 4.98 Å². The van der Waals surface area contributed by atoms with Crippen LogP contribution in [-0.4, -0.2) is 25.2 Å². The maximum absolute atomic E-state index is 11.5. The highest BCUT2D eigenvalue weighted by Crippen LogP contribution is 2.31. The van der Waals surface area contributed by atoms with Gasteiger partial charge in [0.05, 0.1) is 19.8 Å². The molecular formula is C12H9BrClNO3. The molecule has 1 aromatic heterocycles. The number of halogens is 2. The maximum Gasteiger partial charge on any atom is 0.341 e. The largest absolute Gasteiger partial charge is 0.494 e. The number of hydrogen-bond donors (Lipinski definition) is 0. The lowest BCUT2D eigenvalue weighted by molar-refractivity contribution is 0.0600. The number of methoxy groups -OCH3 is 2. The van der Waals surface area contributed by atoms with E-state index in [-0.39, 0.29) is 10.7 Å². The van der Waals surface area contributed by atoms with E-state index in [0.29, 0.717) is 11.3 Å². The first-order valence-electron chi connectivity index (χ1n) is 4.99. The predicted octanol–water partition coefficient (Wildman–Crippen LogP) is 3.45. The van der Waals surface area contributed by atoms with Crippen LogP contribution >= 0.6 is 27.5 Å². The van der Waals surface area contributed by atoms with E-state index in [9.17, 15) is 4.79 Å². The number of nitrogens with zero attached hydrogens (tertiary/aromatic N) is 1. The van der Waals surface area contributed by atoms with Gasteiger partial charge < -0.3 is 9.47 Å². The lowest BCUT2D eigenvalue weighted by atomic mass is 10.1. The van der Waals surface area contributed by atoms with Crippen molar-refractivity contribution in [3.8, 4) is 5.75 Å². The van der Waals surface area contributed by atoms with Crippen molar-refractivity contribution in [3.63, 3.8) is 0 Å². The average Bonchev–Trinajstić information content (AvgIpc) is 2.36. The Kier molecular flexibility index (Phi) is 3.73. The van der Waals surface area contributed by atoms with Gasteiger partial charge in [-0.25, -0.2) is 9.78 Å². The van der Waals surface area contributed by atoms with Crippen molar-refractivity contribution in [2.24, 2.45) is 0 Å². The number of rotatable bonds is 2. The third kappa shape index (κ3) is 2.28. The van der Waals surface area contributed by atoms with Gasteiger partial charge in [0.1, 0.15) is 16.4 Å². The highest BCUT2D eigenvalue weighted by molar-refractivity contribution is 9.10. The normalized spacial score (nSPS) is 10.4. The zero-order chi connectivity index (χ0) is 13.3. The Morgan fingerprint density at radius 2 is 2.06 bits per heavy atom. The molecule has 4 nitrogen and oxygen atoms in total. The summed E-state index contributed by atoms with van der Waals surface area (Å²) in [6.45, 7) is 0. The van der Waals surface area contributed by atoms with Gasteiger partial charge in [-0.2, -0.15) is 0 Å². The first kappa shape index (κ1) is 13.1. The molecular weight excluding hydrogens is 321 g/mol. The topological polar surface area (TPSA) is 48.4 Å². The number of benzene rings is 1. The molecule has 1 aromatic carbocycles. The van der Waals surface area contributed by atoms with E-state index in [1.165, 1.54) is 7.11 Å². The van der Waals surface area contributed by atoms with Crippen molar-refractivity contribution in [2.75, 3.05) is 14.2 Å². The number of hydrogen-bond acceptors (Lipinski definition) is 4. The minimum atomic E-state index is -0.520. The number of carbonyl (C=O) groups excluding carboxylic acids is 1. The zero-order valence-corrected chi connectivity index (χ0v) is 12.0. The number of fused-ring (bicyclic) bond motifs is 1. The molecule has 0 N–H and O–H groups in total. The van der Waals surface area contributed by atoms with Crippen molar-refractivity contribution in [2.45, 2.75) is 0 Å². The van der Waals surface area contributed by atoms with Crippen molar-refractivity contribution in [3.05, 3.63) is 33.4 Å². The summed E-state index contributed by atoms with van der Waals surface area (Å²) in [6, 6.07) is 5.24. The van der Waals surface area contributed by atoms with Crippen LogP contribution in [0.4, 0.5) is 0 Å². The lowest BCUT2D eigenvalue weighted by Crippen LogP contribution is -2.03. The first-order chi connectivity index (χ1) is 8.56. The third-order valence-electron chi connectivity index (χ3n) is 2.43. The van der Waals surface area contributed by atoms with Crippen LogP contribution in [0.5, 0.6) is 5.75 Å². The van der Waals surface area contributed by atoms with Crippen LogP contribution in [-0.2, 0) is 4.74 Å². The van der Waals surface area contributed by atoms with Crippen LogP contribution in [0.15, 0.2) is 22.7 Å². The molecule has 0 amide bonds.